The minimum atomic E-state index is -3.73. The van der Waals surface area contributed by atoms with Crippen molar-refractivity contribution in [1.29, 1.82) is 0 Å². The number of aromatic nitrogens is 1. The van der Waals surface area contributed by atoms with Crippen LogP contribution >= 0.6 is 11.3 Å². The van der Waals surface area contributed by atoms with Gasteiger partial charge in [0.1, 0.15) is 0 Å². The summed E-state index contributed by atoms with van der Waals surface area (Å²) in [6.07, 6.45) is 0. The molecule has 1 aliphatic rings. The van der Waals surface area contributed by atoms with E-state index in [1.807, 2.05) is 25.1 Å². The summed E-state index contributed by atoms with van der Waals surface area (Å²) in [6.45, 7) is 6.77. The maximum atomic E-state index is 12.7. The van der Waals surface area contributed by atoms with E-state index in [1.54, 1.807) is 59.9 Å². The van der Waals surface area contributed by atoms with Crippen molar-refractivity contribution in [2.45, 2.75) is 11.8 Å². The van der Waals surface area contributed by atoms with Gasteiger partial charge in [0.05, 0.1) is 15.1 Å². The molecule has 37 heavy (non-hydrogen) atoms. The number of benzene rings is 3. The van der Waals surface area contributed by atoms with Crippen LogP contribution in [-0.2, 0) is 10.0 Å². The lowest BCUT2D eigenvalue weighted by Gasteiger charge is -2.34. The van der Waals surface area contributed by atoms with E-state index in [-0.39, 0.29) is 10.8 Å². The van der Waals surface area contributed by atoms with Crippen molar-refractivity contribution in [3.05, 3.63) is 83.9 Å². The van der Waals surface area contributed by atoms with Crippen molar-refractivity contribution in [2.75, 3.05) is 48.9 Å². The Bertz CT molecular complexity index is 1460. The van der Waals surface area contributed by atoms with Crippen LogP contribution in [0.4, 0.5) is 10.8 Å². The van der Waals surface area contributed by atoms with Crippen molar-refractivity contribution in [1.82, 2.24) is 15.2 Å². The Labute approximate surface area is 221 Å². The molecule has 10 heteroatoms. The second-order valence-electron chi connectivity index (χ2n) is 9.05. The van der Waals surface area contributed by atoms with Crippen molar-refractivity contribution in [3.8, 4) is 0 Å². The Morgan fingerprint density at radius 1 is 0.973 bits per heavy atom. The normalized spacial score (nSPS) is 14.6. The Morgan fingerprint density at radius 3 is 2.49 bits per heavy atom. The number of aryl methyl sites for hydroxylation is 1. The van der Waals surface area contributed by atoms with Crippen molar-refractivity contribution >= 4 is 48.3 Å². The largest absolute Gasteiger partial charge is 0.351 e. The first-order chi connectivity index (χ1) is 17.9. The van der Waals surface area contributed by atoms with Gasteiger partial charge in [-0.1, -0.05) is 47.2 Å². The maximum absolute atomic E-state index is 12.7. The topological polar surface area (TPSA) is 94.6 Å². The summed E-state index contributed by atoms with van der Waals surface area (Å²) < 4.78 is 29.1. The first-order valence-corrected chi connectivity index (χ1v) is 14.5. The number of nitrogens with zero attached hydrogens (tertiary/aromatic N) is 3. The fourth-order valence-corrected chi connectivity index (χ4v) is 6.31. The minimum Gasteiger partial charge on any atom is -0.351 e. The molecule has 2 heterocycles. The summed E-state index contributed by atoms with van der Waals surface area (Å²) in [4.78, 5) is 22.3. The van der Waals surface area contributed by atoms with Crippen molar-refractivity contribution in [2.24, 2.45) is 0 Å². The number of fused-ring (bicyclic) bond motifs is 1. The molecule has 1 saturated heterocycles. The van der Waals surface area contributed by atoms with Gasteiger partial charge >= 0.3 is 0 Å². The van der Waals surface area contributed by atoms with Gasteiger partial charge in [0.15, 0.2) is 5.13 Å². The van der Waals surface area contributed by atoms with Crippen molar-refractivity contribution < 1.29 is 13.2 Å². The number of anilines is 2. The molecular weight excluding hydrogens is 506 g/mol. The third kappa shape index (κ3) is 6.10. The monoisotopic (exact) mass is 535 g/mol. The third-order valence-electron chi connectivity index (χ3n) is 6.35. The van der Waals surface area contributed by atoms with Crippen LogP contribution in [0.1, 0.15) is 15.9 Å². The van der Waals surface area contributed by atoms with E-state index in [0.717, 1.165) is 48.9 Å². The summed E-state index contributed by atoms with van der Waals surface area (Å²) >= 11 is 1.72. The van der Waals surface area contributed by atoms with Gasteiger partial charge in [-0.05, 0) is 49.4 Å². The van der Waals surface area contributed by atoms with Gasteiger partial charge < -0.3 is 10.2 Å². The minimum absolute atomic E-state index is 0.177. The molecule has 0 bridgehead atoms. The molecule has 0 saturated carbocycles. The van der Waals surface area contributed by atoms with Gasteiger partial charge in [0, 0.05) is 50.5 Å². The van der Waals surface area contributed by atoms with Crippen LogP contribution < -0.4 is 14.9 Å². The van der Waals surface area contributed by atoms with Crippen LogP contribution in [-0.4, -0.2) is 63.5 Å². The SMILES string of the molecule is Cc1ccc(S(=O)(=O)Nc2cccc(C(=O)NCCN3CCN(c4nc5ccccc5s4)CC3)c2)cc1. The molecule has 1 aromatic heterocycles. The number of hydrogen-bond acceptors (Lipinski definition) is 7. The molecule has 0 atom stereocenters. The van der Waals surface area contributed by atoms with E-state index < -0.39 is 10.0 Å². The first-order valence-electron chi connectivity index (χ1n) is 12.2. The second-order valence-corrected chi connectivity index (χ2v) is 11.7. The lowest BCUT2D eigenvalue weighted by molar-refractivity contribution is 0.0948. The van der Waals surface area contributed by atoms with E-state index in [1.165, 1.54) is 4.70 Å². The number of carbonyl (C=O) groups excluding carboxylic acids is 1. The standard InChI is InChI=1S/C27H29N5O3S2/c1-20-9-11-23(12-10-20)37(34,35)30-22-6-4-5-21(19-22)26(33)28-13-14-31-15-17-32(18-16-31)27-29-24-7-2-3-8-25(24)36-27/h2-12,19,30H,13-18H2,1H3,(H,28,33). The van der Waals surface area contributed by atoms with Gasteiger partial charge in [-0.25, -0.2) is 13.4 Å². The fourth-order valence-electron chi connectivity index (χ4n) is 4.24. The average molecular weight is 536 g/mol. The first kappa shape index (κ1) is 25.2. The zero-order valence-corrected chi connectivity index (χ0v) is 22.2. The predicted molar refractivity (Wildman–Crippen MR) is 149 cm³/mol. The number of amides is 1. The molecule has 0 unspecified atom stereocenters. The average Bonchev–Trinajstić information content (AvgIpc) is 3.34. The van der Waals surface area contributed by atoms with E-state index >= 15 is 0 Å². The van der Waals surface area contributed by atoms with Crippen molar-refractivity contribution in [3.63, 3.8) is 0 Å². The highest BCUT2D eigenvalue weighted by atomic mass is 32.2. The van der Waals surface area contributed by atoms with Gasteiger partial charge in [-0.2, -0.15) is 0 Å². The molecule has 3 aromatic carbocycles. The number of nitrogens with one attached hydrogen (secondary N) is 2. The quantitative estimate of drug-likeness (QED) is 0.355. The Kier molecular flexibility index (Phi) is 7.40. The van der Waals surface area contributed by atoms with E-state index in [0.29, 0.717) is 17.8 Å². The molecule has 5 rings (SSSR count). The number of carbonyl (C=O) groups is 1. The number of piperazine rings is 1. The summed E-state index contributed by atoms with van der Waals surface area (Å²) in [6, 6.07) is 21.4. The molecule has 0 aliphatic carbocycles. The third-order valence-corrected chi connectivity index (χ3v) is 8.84. The summed E-state index contributed by atoms with van der Waals surface area (Å²) in [5.74, 6) is -0.232. The highest BCUT2D eigenvalue weighted by molar-refractivity contribution is 7.92. The molecule has 8 nitrogen and oxygen atoms in total. The summed E-state index contributed by atoms with van der Waals surface area (Å²) in [7, 11) is -3.73. The summed E-state index contributed by atoms with van der Waals surface area (Å²) in [5, 5.41) is 4.02. The highest BCUT2D eigenvalue weighted by Crippen LogP contribution is 2.29. The molecule has 1 fully saturated rings. The van der Waals surface area contributed by atoms with Crippen LogP contribution in [0.3, 0.4) is 0 Å². The van der Waals surface area contributed by atoms with Gasteiger partial charge in [-0.3, -0.25) is 14.4 Å². The second kappa shape index (κ2) is 10.9. The lowest BCUT2D eigenvalue weighted by atomic mass is 10.2. The van der Waals surface area contributed by atoms with Gasteiger partial charge in [0.2, 0.25) is 0 Å². The van der Waals surface area contributed by atoms with Crippen LogP contribution in [0.5, 0.6) is 0 Å². The van der Waals surface area contributed by atoms with Gasteiger partial charge in [-0.15, -0.1) is 0 Å². The van der Waals surface area contributed by atoms with Crippen LogP contribution in [0.2, 0.25) is 0 Å². The Hall–Kier alpha value is -3.47. The predicted octanol–water partition coefficient (Wildman–Crippen LogP) is 3.96. The van der Waals surface area contributed by atoms with E-state index in [9.17, 15) is 13.2 Å². The highest BCUT2D eigenvalue weighted by Gasteiger charge is 2.20. The number of thiazole rings is 1. The molecular formula is C27H29N5O3S2. The Balaban J connectivity index is 1.10. The van der Waals surface area contributed by atoms with Gasteiger partial charge in [0.25, 0.3) is 15.9 Å². The number of rotatable bonds is 8. The van der Waals surface area contributed by atoms with E-state index in [4.69, 9.17) is 4.98 Å². The summed E-state index contributed by atoms with van der Waals surface area (Å²) in [5.41, 5.74) is 2.77. The smallest absolute Gasteiger partial charge is 0.261 e. The molecule has 4 aromatic rings. The number of para-hydroxylation sites is 1. The molecule has 1 amide bonds. The maximum Gasteiger partial charge on any atom is 0.261 e. The van der Waals surface area contributed by atoms with E-state index in [2.05, 4.69) is 25.9 Å². The lowest BCUT2D eigenvalue weighted by Crippen LogP contribution is -2.48. The molecule has 2 N–H and O–H groups in total. The number of hydrogen-bond donors (Lipinski definition) is 2. The van der Waals surface area contributed by atoms with Crippen LogP contribution in [0.15, 0.2) is 77.7 Å². The fraction of sp³-hybridized carbons (Fsp3) is 0.259. The van der Waals surface area contributed by atoms with Crippen LogP contribution in [0, 0.1) is 6.92 Å². The molecule has 1 aliphatic heterocycles. The molecule has 192 valence electrons. The Morgan fingerprint density at radius 2 is 1.73 bits per heavy atom. The zero-order chi connectivity index (χ0) is 25.8. The molecule has 0 spiro atoms. The number of sulfonamides is 1. The zero-order valence-electron chi connectivity index (χ0n) is 20.6. The van der Waals surface area contributed by atoms with Crippen LogP contribution in [0.25, 0.3) is 10.2 Å². The molecule has 0 radical (unpaired) electrons.